The summed E-state index contributed by atoms with van der Waals surface area (Å²) in [5.74, 6) is 2.11. The predicted molar refractivity (Wildman–Crippen MR) is 115 cm³/mol. The molecular formula is C23H23N5O. The van der Waals surface area contributed by atoms with E-state index in [0.717, 1.165) is 5.76 Å². The molecule has 2 aromatic heterocycles. The van der Waals surface area contributed by atoms with Gasteiger partial charge in [0.2, 0.25) is 0 Å². The number of hydrogen-bond acceptors (Lipinski definition) is 6. The molecule has 2 heterocycles. The van der Waals surface area contributed by atoms with Crippen LogP contribution in [0.15, 0.2) is 89.8 Å². The smallest absolute Gasteiger partial charge is 0.158 e. The zero-order valence-electron chi connectivity index (χ0n) is 16.0. The molecule has 0 aliphatic rings. The maximum atomic E-state index is 6.47. The molecule has 0 fully saturated rings. The summed E-state index contributed by atoms with van der Waals surface area (Å²) in [4.78, 5) is 11.0. The van der Waals surface area contributed by atoms with Crippen LogP contribution in [0.4, 0.5) is 17.3 Å². The number of nitrogens with one attached hydrogen (secondary N) is 1. The molecule has 4 aromatic rings. The van der Waals surface area contributed by atoms with Gasteiger partial charge in [0.1, 0.15) is 17.8 Å². The molecule has 6 heteroatoms. The minimum absolute atomic E-state index is 0.505. The van der Waals surface area contributed by atoms with Gasteiger partial charge in [0, 0.05) is 13.1 Å². The van der Waals surface area contributed by atoms with E-state index >= 15 is 0 Å². The van der Waals surface area contributed by atoms with Crippen molar-refractivity contribution in [1.29, 1.82) is 0 Å². The average molecular weight is 385 g/mol. The summed E-state index contributed by atoms with van der Waals surface area (Å²) in [6.45, 7) is 1.88. The lowest BCUT2D eigenvalue weighted by Gasteiger charge is -2.26. The number of benzene rings is 2. The molecule has 0 saturated heterocycles. The van der Waals surface area contributed by atoms with Crippen LogP contribution in [0.2, 0.25) is 0 Å². The molecule has 146 valence electrons. The fraction of sp³-hybridized carbons (Fsp3) is 0.130. The second-order valence-corrected chi connectivity index (χ2v) is 6.72. The Morgan fingerprint density at radius 2 is 1.48 bits per heavy atom. The van der Waals surface area contributed by atoms with Crippen LogP contribution in [-0.2, 0) is 19.6 Å². The predicted octanol–water partition coefficient (Wildman–Crippen LogP) is 4.47. The van der Waals surface area contributed by atoms with Gasteiger partial charge in [-0.1, -0.05) is 60.7 Å². The molecule has 0 aliphatic carbocycles. The van der Waals surface area contributed by atoms with E-state index in [0.29, 0.717) is 37.0 Å². The molecule has 0 bridgehead atoms. The first-order valence-corrected chi connectivity index (χ1v) is 9.49. The van der Waals surface area contributed by atoms with Gasteiger partial charge < -0.3 is 20.4 Å². The zero-order chi connectivity index (χ0) is 19.9. The first kappa shape index (κ1) is 18.6. The normalized spacial score (nSPS) is 10.6. The Bertz CT molecular complexity index is 978. The summed E-state index contributed by atoms with van der Waals surface area (Å²) >= 11 is 0. The average Bonchev–Trinajstić information content (AvgIpc) is 3.28. The Morgan fingerprint density at radius 1 is 0.828 bits per heavy atom. The van der Waals surface area contributed by atoms with E-state index in [1.807, 2.05) is 48.5 Å². The molecule has 4 rings (SSSR count). The number of aromatic nitrogens is 2. The van der Waals surface area contributed by atoms with Crippen LogP contribution < -0.4 is 16.0 Å². The molecule has 3 N–H and O–H groups in total. The third kappa shape index (κ3) is 4.73. The molecule has 0 amide bonds. The number of anilines is 3. The van der Waals surface area contributed by atoms with E-state index in [4.69, 9.17) is 10.2 Å². The monoisotopic (exact) mass is 385 g/mol. The minimum atomic E-state index is 0.505. The minimum Gasteiger partial charge on any atom is -0.467 e. The van der Waals surface area contributed by atoms with Gasteiger partial charge in [0.25, 0.3) is 0 Å². The summed E-state index contributed by atoms with van der Waals surface area (Å²) in [6, 6.07) is 24.3. The van der Waals surface area contributed by atoms with Gasteiger partial charge in [-0.15, -0.1) is 0 Å². The van der Waals surface area contributed by atoms with Gasteiger partial charge in [-0.2, -0.15) is 0 Å². The SMILES string of the molecule is Nc1c(NCc2ccco2)ncnc1N(Cc1ccccc1)Cc1ccccc1. The highest BCUT2D eigenvalue weighted by Crippen LogP contribution is 2.29. The number of nitrogens with zero attached hydrogens (tertiary/aromatic N) is 3. The molecule has 0 aliphatic heterocycles. The summed E-state index contributed by atoms with van der Waals surface area (Å²) in [7, 11) is 0. The standard InChI is InChI=1S/C23H23N5O/c24-21-22(25-14-20-12-7-13-29-20)26-17-27-23(21)28(15-18-8-3-1-4-9-18)16-19-10-5-2-6-11-19/h1-13,17H,14-16,24H2,(H,25,26,27). The number of hydrogen-bond donors (Lipinski definition) is 2. The van der Waals surface area contributed by atoms with Gasteiger partial charge in [0.15, 0.2) is 11.6 Å². The van der Waals surface area contributed by atoms with E-state index in [1.165, 1.54) is 11.1 Å². The third-order valence-electron chi connectivity index (χ3n) is 4.61. The summed E-state index contributed by atoms with van der Waals surface area (Å²) in [5, 5.41) is 3.24. The van der Waals surface area contributed by atoms with Crippen LogP contribution >= 0.6 is 0 Å². The molecule has 29 heavy (non-hydrogen) atoms. The first-order chi connectivity index (χ1) is 14.3. The van der Waals surface area contributed by atoms with Crippen molar-refractivity contribution in [2.75, 3.05) is 16.0 Å². The molecular weight excluding hydrogens is 362 g/mol. The van der Waals surface area contributed by atoms with Crippen LogP contribution in [0.1, 0.15) is 16.9 Å². The topological polar surface area (TPSA) is 80.2 Å². The van der Waals surface area contributed by atoms with Crippen LogP contribution in [0.25, 0.3) is 0 Å². The lowest BCUT2D eigenvalue weighted by molar-refractivity contribution is 0.518. The summed E-state index contributed by atoms with van der Waals surface area (Å²) < 4.78 is 5.37. The zero-order valence-corrected chi connectivity index (χ0v) is 16.0. The fourth-order valence-electron chi connectivity index (χ4n) is 3.18. The van der Waals surface area contributed by atoms with Crippen molar-refractivity contribution in [3.63, 3.8) is 0 Å². The molecule has 6 nitrogen and oxygen atoms in total. The van der Waals surface area contributed by atoms with Gasteiger partial charge in [0.05, 0.1) is 12.8 Å². The van der Waals surface area contributed by atoms with Crippen molar-refractivity contribution in [3.8, 4) is 0 Å². The lowest BCUT2D eigenvalue weighted by Crippen LogP contribution is -2.25. The molecule has 0 unspecified atom stereocenters. The third-order valence-corrected chi connectivity index (χ3v) is 4.61. The Kier molecular flexibility index (Phi) is 5.71. The maximum Gasteiger partial charge on any atom is 0.158 e. The Morgan fingerprint density at radius 3 is 2.07 bits per heavy atom. The lowest BCUT2D eigenvalue weighted by atomic mass is 10.1. The molecule has 0 saturated carbocycles. The molecule has 0 radical (unpaired) electrons. The second-order valence-electron chi connectivity index (χ2n) is 6.72. The number of rotatable bonds is 8. The van der Waals surface area contributed by atoms with Crippen molar-refractivity contribution in [3.05, 3.63) is 102 Å². The van der Waals surface area contributed by atoms with E-state index in [-0.39, 0.29) is 0 Å². The maximum absolute atomic E-state index is 6.47. The Hall–Kier alpha value is -3.80. The second kappa shape index (κ2) is 8.93. The highest BCUT2D eigenvalue weighted by molar-refractivity contribution is 5.75. The Labute approximate surface area is 170 Å². The quantitative estimate of drug-likeness (QED) is 0.466. The van der Waals surface area contributed by atoms with Gasteiger partial charge in [-0.25, -0.2) is 9.97 Å². The Balaban J connectivity index is 1.61. The van der Waals surface area contributed by atoms with E-state index < -0.39 is 0 Å². The molecule has 0 spiro atoms. The van der Waals surface area contributed by atoms with Gasteiger partial charge in [-0.3, -0.25) is 0 Å². The first-order valence-electron chi connectivity index (χ1n) is 9.49. The summed E-state index contributed by atoms with van der Waals surface area (Å²) in [6.07, 6.45) is 3.19. The van der Waals surface area contributed by atoms with Crippen LogP contribution in [-0.4, -0.2) is 9.97 Å². The van der Waals surface area contributed by atoms with Crippen LogP contribution in [0.3, 0.4) is 0 Å². The molecule has 0 atom stereocenters. The fourth-order valence-corrected chi connectivity index (χ4v) is 3.18. The van der Waals surface area contributed by atoms with Crippen molar-refractivity contribution >= 4 is 17.3 Å². The largest absolute Gasteiger partial charge is 0.467 e. The highest BCUT2D eigenvalue weighted by Gasteiger charge is 2.16. The van der Waals surface area contributed by atoms with Crippen LogP contribution in [0.5, 0.6) is 0 Å². The van der Waals surface area contributed by atoms with Gasteiger partial charge >= 0.3 is 0 Å². The summed E-state index contributed by atoms with van der Waals surface area (Å²) in [5.41, 5.74) is 9.36. The van der Waals surface area contributed by atoms with Crippen molar-refractivity contribution in [2.24, 2.45) is 0 Å². The van der Waals surface area contributed by atoms with E-state index in [2.05, 4.69) is 44.5 Å². The van der Waals surface area contributed by atoms with Crippen molar-refractivity contribution in [1.82, 2.24) is 9.97 Å². The van der Waals surface area contributed by atoms with E-state index in [1.54, 1.807) is 12.6 Å². The van der Waals surface area contributed by atoms with E-state index in [9.17, 15) is 0 Å². The number of furan rings is 1. The van der Waals surface area contributed by atoms with Crippen molar-refractivity contribution in [2.45, 2.75) is 19.6 Å². The molecule has 2 aromatic carbocycles. The highest BCUT2D eigenvalue weighted by atomic mass is 16.3. The van der Waals surface area contributed by atoms with Crippen molar-refractivity contribution < 1.29 is 4.42 Å². The van der Waals surface area contributed by atoms with Gasteiger partial charge in [-0.05, 0) is 23.3 Å². The number of nitrogen functional groups attached to an aromatic ring is 1. The van der Waals surface area contributed by atoms with Crippen LogP contribution in [0, 0.1) is 0 Å². The number of nitrogens with two attached hydrogens (primary N) is 1.